The number of allylic oxidation sites excluding steroid dienone is 1. The largest absolute Gasteiger partial charge is 0.331 e. The van der Waals surface area contributed by atoms with Crippen molar-refractivity contribution in [1.82, 2.24) is 5.43 Å². The van der Waals surface area contributed by atoms with E-state index in [2.05, 4.69) is 15.8 Å². The Kier molecular flexibility index (Phi) is 6.13. The zero-order valence-electron chi connectivity index (χ0n) is 12.1. The molecule has 0 radical (unpaired) electrons. The number of anilines is 1. The van der Waals surface area contributed by atoms with Crippen LogP contribution in [0.4, 0.5) is 5.69 Å². The van der Waals surface area contributed by atoms with E-state index in [-0.39, 0.29) is 0 Å². The van der Waals surface area contributed by atoms with Gasteiger partial charge in [0.15, 0.2) is 5.11 Å². The van der Waals surface area contributed by atoms with Crippen molar-refractivity contribution in [2.75, 3.05) is 5.32 Å². The van der Waals surface area contributed by atoms with Gasteiger partial charge in [0.05, 0.1) is 5.71 Å². The third-order valence-electron chi connectivity index (χ3n) is 2.75. The number of thiocarbonyl (C=S) groups is 1. The minimum absolute atomic E-state index is 0.426. The van der Waals surface area contributed by atoms with Crippen LogP contribution in [-0.4, -0.2) is 10.8 Å². The molecule has 0 aromatic heterocycles. The van der Waals surface area contributed by atoms with Gasteiger partial charge in [-0.1, -0.05) is 48.0 Å². The number of hydrazone groups is 1. The van der Waals surface area contributed by atoms with Crippen molar-refractivity contribution in [2.24, 2.45) is 5.10 Å². The average molecular weight is 330 g/mol. The normalized spacial score (nSPS) is 11.5. The van der Waals surface area contributed by atoms with E-state index in [1.165, 1.54) is 0 Å². The van der Waals surface area contributed by atoms with Crippen LogP contribution in [-0.2, 0) is 0 Å². The molecule has 0 fully saturated rings. The molecule has 0 atom stereocenters. The minimum Gasteiger partial charge on any atom is -0.331 e. The maximum absolute atomic E-state index is 5.83. The summed E-state index contributed by atoms with van der Waals surface area (Å²) in [6, 6.07) is 17.3. The van der Waals surface area contributed by atoms with Gasteiger partial charge in [-0.2, -0.15) is 5.10 Å². The standard InChI is InChI=1S/C17H16ClN3S/c1-13(7-8-14-5-3-2-4-6-14)20-21-17(22)19-16-11-9-15(18)10-12-16/h2-12H,1H3,(H2,19,21,22)/b8-7?,20-13+. The van der Waals surface area contributed by atoms with Crippen LogP contribution in [0.3, 0.4) is 0 Å². The van der Waals surface area contributed by atoms with E-state index in [0.717, 1.165) is 17.0 Å². The van der Waals surface area contributed by atoms with Crippen molar-refractivity contribution in [3.8, 4) is 0 Å². The molecule has 0 amide bonds. The Hall–Kier alpha value is -2.17. The SMILES string of the molecule is C/C(C=Cc1ccccc1)=N\NC(=S)Nc1ccc(Cl)cc1. The molecule has 0 saturated heterocycles. The second-order valence-corrected chi connectivity index (χ2v) is 5.41. The lowest BCUT2D eigenvalue weighted by atomic mass is 10.2. The molecule has 0 aliphatic carbocycles. The summed E-state index contributed by atoms with van der Waals surface area (Å²) < 4.78 is 0. The molecule has 0 aliphatic heterocycles. The van der Waals surface area contributed by atoms with E-state index in [0.29, 0.717) is 10.1 Å². The predicted octanol–water partition coefficient (Wildman–Crippen LogP) is 4.72. The van der Waals surface area contributed by atoms with E-state index < -0.39 is 0 Å². The van der Waals surface area contributed by atoms with Crippen LogP contribution in [0.2, 0.25) is 5.02 Å². The molecule has 0 spiro atoms. The van der Waals surface area contributed by atoms with Crippen molar-refractivity contribution in [2.45, 2.75) is 6.92 Å². The molecule has 0 bridgehead atoms. The first-order valence-electron chi connectivity index (χ1n) is 6.73. The number of nitrogens with one attached hydrogen (secondary N) is 2. The second-order valence-electron chi connectivity index (χ2n) is 4.57. The van der Waals surface area contributed by atoms with Gasteiger partial charge in [-0.3, -0.25) is 5.43 Å². The maximum atomic E-state index is 5.83. The second kappa shape index (κ2) is 8.32. The maximum Gasteiger partial charge on any atom is 0.191 e. The molecule has 112 valence electrons. The van der Waals surface area contributed by atoms with Gasteiger partial charge in [0, 0.05) is 10.7 Å². The van der Waals surface area contributed by atoms with Gasteiger partial charge in [0.1, 0.15) is 0 Å². The molecule has 2 aromatic rings. The summed E-state index contributed by atoms with van der Waals surface area (Å²) in [7, 11) is 0. The van der Waals surface area contributed by atoms with E-state index >= 15 is 0 Å². The minimum atomic E-state index is 0.426. The van der Waals surface area contributed by atoms with Gasteiger partial charge in [-0.15, -0.1) is 0 Å². The molecule has 22 heavy (non-hydrogen) atoms. The van der Waals surface area contributed by atoms with Crippen LogP contribution in [0, 0.1) is 0 Å². The lowest BCUT2D eigenvalue weighted by molar-refractivity contribution is 1.04. The van der Waals surface area contributed by atoms with Gasteiger partial charge in [-0.25, -0.2) is 0 Å². The highest BCUT2D eigenvalue weighted by Crippen LogP contribution is 2.13. The van der Waals surface area contributed by atoms with Gasteiger partial charge >= 0.3 is 0 Å². The van der Waals surface area contributed by atoms with Crippen LogP contribution in [0.25, 0.3) is 6.08 Å². The molecule has 3 nitrogen and oxygen atoms in total. The first-order chi connectivity index (χ1) is 10.6. The Labute approximate surface area is 140 Å². The number of nitrogens with zero attached hydrogens (tertiary/aromatic N) is 1. The Morgan fingerprint density at radius 3 is 2.45 bits per heavy atom. The Morgan fingerprint density at radius 2 is 1.77 bits per heavy atom. The summed E-state index contributed by atoms with van der Waals surface area (Å²) in [5.41, 5.74) is 5.61. The van der Waals surface area contributed by atoms with Gasteiger partial charge in [0.2, 0.25) is 0 Å². The molecule has 2 rings (SSSR count). The highest BCUT2D eigenvalue weighted by Gasteiger charge is 1.96. The van der Waals surface area contributed by atoms with Gasteiger partial charge < -0.3 is 5.32 Å². The highest BCUT2D eigenvalue weighted by atomic mass is 35.5. The fourth-order valence-corrected chi connectivity index (χ4v) is 1.94. The predicted molar refractivity (Wildman–Crippen MR) is 99.4 cm³/mol. The van der Waals surface area contributed by atoms with Crippen molar-refractivity contribution < 1.29 is 0 Å². The Balaban J connectivity index is 1.86. The molecule has 5 heteroatoms. The lowest BCUT2D eigenvalue weighted by Crippen LogP contribution is -2.24. The number of hydrogen-bond donors (Lipinski definition) is 2. The Morgan fingerprint density at radius 1 is 1.09 bits per heavy atom. The van der Waals surface area contributed by atoms with Crippen molar-refractivity contribution in [3.63, 3.8) is 0 Å². The quantitative estimate of drug-likeness (QED) is 0.484. The summed E-state index contributed by atoms with van der Waals surface area (Å²) in [5.74, 6) is 0. The summed E-state index contributed by atoms with van der Waals surface area (Å²) in [5, 5.41) is 8.34. The summed E-state index contributed by atoms with van der Waals surface area (Å²) in [6.45, 7) is 1.90. The van der Waals surface area contributed by atoms with Crippen LogP contribution in [0.5, 0.6) is 0 Å². The molecule has 0 heterocycles. The van der Waals surface area contributed by atoms with E-state index in [9.17, 15) is 0 Å². The van der Waals surface area contributed by atoms with Crippen LogP contribution < -0.4 is 10.7 Å². The molecule has 2 N–H and O–H groups in total. The van der Waals surface area contributed by atoms with Crippen LogP contribution in [0.1, 0.15) is 12.5 Å². The Bertz CT molecular complexity index is 679. The third-order valence-corrected chi connectivity index (χ3v) is 3.20. The first-order valence-corrected chi connectivity index (χ1v) is 7.52. The average Bonchev–Trinajstić information content (AvgIpc) is 2.54. The summed E-state index contributed by atoms with van der Waals surface area (Å²) in [4.78, 5) is 0. The zero-order chi connectivity index (χ0) is 15.8. The monoisotopic (exact) mass is 329 g/mol. The topological polar surface area (TPSA) is 36.4 Å². The molecule has 2 aromatic carbocycles. The molecular weight excluding hydrogens is 314 g/mol. The number of rotatable bonds is 4. The van der Waals surface area contributed by atoms with Crippen molar-refractivity contribution in [3.05, 3.63) is 71.3 Å². The summed E-state index contributed by atoms with van der Waals surface area (Å²) in [6.07, 6.45) is 3.92. The van der Waals surface area contributed by atoms with E-state index in [1.54, 1.807) is 12.1 Å². The smallest absolute Gasteiger partial charge is 0.191 e. The fourth-order valence-electron chi connectivity index (χ4n) is 1.65. The van der Waals surface area contributed by atoms with Gasteiger partial charge in [0.25, 0.3) is 0 Å². The lowest BCUT2D eigenvalue weighted by Gasteiger charge is -2.07. The molecular formula is C17H16ClN3S. The molecule has 0 unspecified atom stereocenters. The van der Waals surface area contributed by atoms with Crippen LogP contribution in [0.15, 0.2) is 65.8 Å². The number of benzene rings is 2. The van der Waals surface area contributed by atoms with E-state index in [4.69, 9.17) is 23.8 Å². The number of hydrogen-bond acceptors (Lipinski definition) is 2. The third kappa shape index (κ3) is 5.68. The first kappa shape index (κ1) is 16.2. The summed E-state index contributed by atoms with van der Waals surface area (Å²) >= 11 is 11.0. The molecule has 0 saturated carbocycles. The van der Waals surface area contributed by atoms with Gasteiger partial charge in [-0.05, 0) is 55.0 Å². The fraction of sp³-hybridized carbons (Fsp3) is 0.0588. The zero-order valence-corrected chi connectivity index (χ0v) is 13.7. The van der Waals surface area contributed by atoms with E-state index in [1.807, 2.05) is 61.5 Å². The van der Waals surface area contributed by atoms with Crippen molar-refractivity contribution >= 4 is 46.4 Å². The van der Waals surface area contributed by atoms with Crippen molar-refractivity contribution in [1.29, 1.82) is 0 Å². The van der Waals surface area contributed by atoms with Crippen LogP contribution >= 0.6 is 23.8 Å². The molecule has 0 aliphatic rings. The highest BCUT2D eigenvalue weighted by molar-refractivity contribution is 7.80. The number of halogens is 1.